The first kappa shape index (κ1) is 17.4. The van der Waals surface area contributed by atoms with Crippen molar-refractivity contribution < 1.29 is 9.66 Å². The summed E-state index contributed by atoms with van der Waals surface area (Å²) >= 11 is 0. The Kier molecular flexibility index (Phi) is 7.78. The average molecular weight is 291 g/mol. The molecule has 1 heterocycles. The number of methoxy groups -OCH3 is 1. The van der Waals surface area contributed by atoms with Gasteiger partial charge in [0.2, 0.25) is 11.7 Å². The number of pyridine rings is 1. The van der Waals surface area contributed by atoms with Crippen molar-refractivity contribution in [3.05, 3.63) is 22.2 Å². The number of ether oxygens (including phenoxy) is 1. The largest absolute Gasteiger partial charge is 0.481 e. The molecule has 0 fully saturated rings. The van der Waals surface area contributed by atoms with Crippen molar-refractivity contribution in [3.63, 3.8) is 0 Å². The SMILES string of the molecule is COc1ccc([N+](=O)[O-])c(NCCCN(C)C)n1.Cl. The molecule has 0 aromatic carbocycles. The molecular formula is C11H19ClN4O3. The highest BCUT2D eigenvalue weighted by Gasteiger charge is 2.15. The second kappa shape index (κ2) is 8.49. The molecule has 0 spiro atoms. The Morgan fingerprint density at radius 3 is 2.68 bits per heavy atom. The van der Waals surface area contributed by atoms with Crippen LogP contribution in [-0.4, -0.2) is 49.1 Å². The van der Waals surface area contributed by atoms with Crippen LogP contribution in [0.15, 0.2) is 12.1 Å². The van der Waals surface area contributed by atoms with Gasteiger partial charge in [-0.05, 0) is 27.1 Å². The van der Waals surface area contributed by atoms with E-state index in [1.54, 1.807) is 0 Å². The van der Waals surface area contributed by atoms with Gasteiger partial charge in [-0.15, -0.1) is 12.4 Å². The van der Waals surface area contributed by atoms with Gasteiger partial charge in [-0.2, -0.15) is 4.98 Å². The zero-order valence-corrected chi connectivity index (χ0v) is 12.1. The van der Waals surface area contributed by atoms with Gasteiger partial charge in [-0.3, -0.25) is 10.1 Å². The fraction of sp³-hybridized carbons (Fsp3) is 0.545. The second-order valence-corrected chi connectivity index (χ2v) is 4.06. The number of hydrogen-bond donors (Lipinski definition) is 1. The predicted octanol–water partition coefficient (Wildman–Crippen LogP) is 1.78. The molecule has 108 valence electrons. The van der Waals surface area contributed by atoms with Crippen LogP contribution < -0.4 is 10.1 Å². The van der Waals surface area contributed by atoms with Gasteiger partial charge < -0.3 is 15.0 Å². The summed E-state index contributed by atoms with van der Waals surface area (Å²) in [7, 11) is 5.43. The molecule has 19 heavy (non-hydrogen) atoms. The van der Waals surface area contributed by atoms with E-state index in [1.165, 1.54) is 19.2 Å². The van der Waals surface area contributed by atoms with Crippen LogP contribution in [-0.2, 0) is 0 Å². The number of halogens is 1. The summed E-state index contributed by atoms with van der Waals surface area (Å²) in [4.78, 5) is 16.5. The number of hydrogen-bond acceptors (Lipinski definition) is 6. The highest BCUT2D eigenvalue weighted by atomic mass is 35.5. The molecule has 1 rings (SSSR count). The van der Waals surface area contributed by atoms with E-state index in [9.17, 15) is 10.1 Å². The average Bonchev–Trinajstić information content (AvgIpc) is 2.33. The summed E-state index contributed by atoms with van der Waals surface area (Å²) in [6, 6.07) is 2.86. The number of nitrogens with one attached hydrogen (secondary N) is 1. The molecule has 0 bridgehead atoms. The first-order valence-electron chi connectivity index (χ1n) is 5.62. The highest BCUT2D eigenvalue weighted by Crippen LogP contribution is 2.24. The normalized spacial score (nSPS) is 9.89. The maximum atomic E-state index is 10.8. The van der Waals surface area contributed by atoms with Crippen molar-refractivity contribution in [2.75, 3.05) is 39.6 Å². The van der Waals surface area contributed by atoms with E-state index in [0.29, 0.717) is 12.4 Å². The number of anilines is 1. The molecule has 1 N–H and O–H groups in total. The van der Waals surface area contributed by atoms with Gasteiger partial charge in [-0.25, -0.2) is 0 Å². The van der Waals surface area contributed by atoms with Crippen molar-refractivity contribution >= 4 is 23.9 Å². The minimum Gasteiger partial charge on any atom is -0.481 e. The third-order valence-corrected chi connectivity index (χ3v) is 2.33. The molecule has 0 saturated carbocycles. The molecule has 1 aromatic rings. The summed E-state index contributed by atoms with van der Waals surface area (Å²) in [5, 5.41) is 13.8. The van der Waals surface area contributed by atoms with Gasteiger partial charge >= 0.3 is 5.69 Å². The lowest BCUT2D eigenvalue weighted by atomic mass is 10.3. The summed E-state index contributed by atoms with van der Waals surface area (Å²) in [6.07, 6.45) is 0.878. The fourth-order valence-electron chi connectivity index (χ4n) is 1.43. The molecule has 8 heteroatoms. The molecule has 0 aliphatic heterocycles. The van der Waals surface area contributed by atoms with Gasteiger partial charge in [-0.1, -0.05) is 0 Å². The van der Waals surface area contributed by atoms with Gasteiger partial charge in [0.15, 0.2) is 0 Å². The van der Waals surface area contributed by atoms with Gasteiger partial charge in [0.05, 0.1) is 12.0 Å². The first-order valence-corrected chi connectivity index (χ1v) is 5.62. The van der Waals surface area contributed by atoms with Crippen LogP contribution >= 0.6 is 12.4 Å². The predicted molar refractivity (Wildman–Crippen MR) is 76.4 cm³/mol. The van der Waals surface area contributed by atoms with Crippen molar-refractivity contribution in [1.29, 1.82) is 0 Å². The molecule has 0 radical (unpaired) electrons. The molecular weight excluding hydrogens is 272 g/mol. The number of aromatic nitrogens is 1. The first-order chi connectivity index (χ1) is 8.54. The summed E-state index contributed by atoms with van der Waals surface area (Å²) < 4.78 is 4.95. The van der Waals surface area contributed by atoms with E-state index < -0.39 is 4.92 Å². The van der Waals surface area contributed by atoms with Gasteiger partial charge in [0.25, 0.3) is 0 Å². The van der Waals surface area contributed by atoms with Crippen LogP contribution in [0.1, 0.15) is 6.42 Å². The molecule has 1 aromatic heterocycles. The third kappa shape index (κ3) is 5.71. The molecule has 0 aliphatic rings. The smallest absolute Gasteiger partial charge is 0.311 e. The van der Waals surface area contributed by atoms with Crippen molar-refractivity contribution in [1.82, 2.24) is 9.88 Å². The van der Waals surface area contributed by atoms with Gasteiger partial charge in [0, 0.05) is 18.7 Å². The lowest BCUT2D eigenvalue weighted by Gasteiger charge is -2.10. The topological polar surface area (TPSA) is 80.5 Å². The van der Waals surface area contributed by atoms with Crippen molar-refractivity contribution in [3.8, 4) is 5.88 Å². The van der Waals surface area contributed by atoms with E-state index in [-0.39, 0.29) is 23.9 Å². The summed E-state index contributed by atoms with van der Waals surface area (Å²) in [5.41, 5.74) is -0.0411. The molecule has 0 amide bonds. The Balaban J connectivity index is 0.00000324. The van der Waals surface area contributed by atoms with E-state index in [1.807, 2.05) is 14.1 Å². The molecule has 0 aliphatic carbocycles. The van der Waals surface area contributed by atoms with Crippen LogP contribution in [0.5, 0.6) is 5.88 Å². The van der Waals surface area contributed by atoms with Crippen LogP contribution in [0.4, 0.5) is 11.5 Å². The fourth-order valence-corrected chi connectivity index (χ4v) is 1.43. The minimum atomic E-state index is -0.458. The lowest BCUT2D eigenvalue weighted by molar-refractivity contribution is -0.384. The van der Waals surface area contributed by atoms with Crippen LogP contribution in [0.2, 0.25) is 0 Å². The summed E-state index contributed by atoms with van der Waals surface area (Å²) in [6.45, 7) is 1.53. The Morgan fingerprint density at radius 2 is 2.16 bits per heavy atom. The standard InChI is InChI=1S/C11H18N4O3.ClH/c1-14(2)8-4-7-12-11-9(15(16)17)5-6-10(13-11)18-3;/h5-6H,4,7-8H2,1-3H3,(H,12,13);1H. The van der Waals surface area contributed by atoms with Crippen molar-refractivity contribution in [2.45, 2.75) is 6.42 Å². The van der Waals surface area contributed by atoms with Crippen LogP contribution in [0, 0.1) is 10.1 Å². The Bertz CT molecular complexity index is 415. The number of rotatable bonds is 7. The second-order valence-electron chi connectivity index (χ2n) is 4.06. The zero-order valence-electron chi connectivity index (χ0n) is 11.3. The number of nitro groups is 1. The van der Waals surface area contributed by atoms with E-state index >= 15 is 0 Å². The van der Waals surface area contributed by atoms with Crippen LogP contribution in [0.25, 0.3) is 0 Å². The van der Waals surface area contributed by atoms with Crippen LogP contribution in [0.3, 0.4) is 0 Å². The summed E-state index contributed by atoms with van der Waals surface area (Å²) in [5.74, 6) is 0.605. The maximum Gasteiger partial charge on any atom is 0.311 e. The quantitative estimate of drug-likeness (QED) is 0.468. The Morgan fingerprint density at radius 1 is 1.47 bits per heavy atom. The lowest BCUT2D eigenvalue weighted by Crippen LogP contribution is -2.17. The third-order valence-electron chi connectivity index (χ3n) is 2.33. The Labute approximate surface area is 118 Å². The Hall–Kier alpha value is -1.60. The molecule has 7 nitrogen and oxygen atoms in total. The molecule has 0 atom stereocenters. The van der Waals surface area contributed by atoms with E-state index in [0.717, 1.165) is 13.0 Å². The minimum absolute atomic E-state index is 0. The van der Waals surface area contributed by atoms with Crippen molar-refractivity contribution in [2.24, 2.45) is 0 Å². The van der Waals surface area contributed by atoms with E-state index in [2.05, 4.69) is 15.2 Å². The maximum absolute atomic E-state index is 10.8. The number of nitrogens with zero attached hydrogens (tertiary/aromatic N) is 3. The zero-order chi connectivity index (χ0) is 13.5. The van der Waals surface area contributed by atoms with E-state index in [4.69, 9.17) is 4.74 Å². The molecule has 0 saturated heterocycles. The molecule has 0 unspecified atom stereocenters. The highest BCUT2D eigenvalue weighted by molar-refractivity contribution is 5.85. The monoisotopic (exact) mass is 290 g/mol. The van der Waals surface area contributed by atoms with Gasteiger partial charge in [0.1, 0.15) is 0 Å².